The molecule has 0 spiro atoms. The van der Waals surface area contributed by atoms with Gasteiger partial charge in [-0.25, -0.2) is 11.6 Å². The summed E-state index contributed by atoms with van der Waals surface area (Å²) < 4.78 is 0. The normalized spacial score (nSPS) is 18.7. The van der Waals surface area contributed by atoms with Gasteiger partial charge in [-0.3, -0.25) is 0 Å². The number of rotatable bonds is 6. The topological polar surface area (TPSA) is 0 Å². The van der Waals surface area contributed by atoms with Crippen molar-refractivity contribution in [3.63, 3.8) is 0 Å². The Labute approximate surface area is 178 Å². The van der Waals surface area contributed by atoms with Gasteiger partial charge in [-0.1, -0.05) is 64.3 Å². The summed E-state index contributed by atoms with van der Waals surface area (Å²) in [6.07, 6.45) is 16.2. The van der Waals surface area contributed by atoms with E-state index in [1.807, 2.05) is 0 Å². The molecule has 0 radical (unpaired) electrons. The molecule has 1 aromatic rings. The Hall–Kier alpha value is 0.631. The Morgan fingerprint density at radius 3 is 2.30 bits per heavy atom. The molecule has 0 aliphatic heterocycles. The van der Waals surface area contributed by atoms with Crippen LogP contribution >= 0.6 is 0 Å². The van der Waals surface area contributed by atoms with E-state index in [1.54, 1.807) is 5.19 Å². The van der Waals surface area contributed by atoms with Crippen LogP contribution in [0.2, 0.25) is 5.04 Å². The van der Waals surface area contributed by atoms with Crippen LogP contribution in [0.3, 0.4) is 0 Å². The summed E-state index contributed by atoms with van der Waals surface area (Å²) in [5, 5.41) is 2.20. The minimum Gasteiger partial charge on any atom is -1.00 e. The Morgan fingerprint density at radius 2 is 1.83 bits per heavy atom. The molecule has 0 nitrogen and oxygen atoms in total. The number of unbranched alkanes of at least 4 members (excludes halogenated alkanes) is 2. The quantitative estimate of drug-likeness (QED) is 0.244. The molecule has 1 aromatic carbocycles. The van der Waals surface area contributed by atoms with Crippen molar-refractivity contribution in [1.29, 1.82) is 0 Å². The maximum absolute atomic E-state index is 2.52. The fourth-order valence-corrected chi connectivity index (χ4v) is 5.83. The molecule has 0 heterocycles. The predicted octanol–water partition coefficient (Wildman–Crippen LogP) is -4.92. The third-order valence-corrected chi connectivity index (χ3v) is 7.12. The first-order valence-corrected chi connectivity index (χ1v) is 9.14. The van der Waals surface area contributed by atoms with Gasteiger partial charge in [0.15, 0.2) is 0 Å². The first kappa shape index (κ1) is 28.4. The average Bonchev–Trinajstić information content (AvgIpc) is 2.69. The second-order valence-corrected chi connectivity index (χ2v) is 8.75. The number of aryl methyl sites for hydroxylation is 2. The minimum absolute atomic E-state index is 0. The zero-order valence-corrected chi connectivity index (χ0v) is 19.6. The molecule has 1 atom stereocenters. The zero-order valence-electron chi connectivity index (χ0n) is 14.3. The Kier molecular flexibility index (Phi) is 17.1. The van der Waals surface area contributed by atoms with Crippen molar-refractivity contribution >= 4 is 14.7 Å². The van der Waals surface area contributed by atoms with Crippen LogP contribution in [0.4, 0.5) is 0 Å². The van der Waals surface area contributed by atoms with Crippen molar-refractivity contribution in [1.82, 2.24) is 0 Å². The molecule has 5 heteroatoms. The summed E-state index contributed by atoms with van der Waals surface area (Å²) in [4.78, 5) is 0. The first-order chi connectivity index (χ1) is 9.15. The molecule has 0 bridgehead atoms. The summed E-state index contributed by atoms with van der Waals surface area (Å²) in [7, 11) is -0.238. The van der Waals surface area contributed by atoms with E-state index in [4.69, 9.17) is 0 Å². The molecule has 128 valence electrons. The summed E-state index contributed by atoms with van der Waals surface area (Å²) in [6, 6.07) is 4.79. The summed E-state index contributed by atoms with van der Waals surface area (Å²) in [5.74, 6) is 0. The van der Waals surface area contributed by atoms with E-state index in [2.05, 4.69) is 57.2 Å². The van der Waals surface area contributed by atoms with Gasteiger partial charge in [0.1, 0.15) is 0 Å². The van der Waals surface area contributed by atoms with Gasteiger partial charge in [0, 0.05) is 9.52 Å². The Bertz CT molecular complexity index is 483. The molecule has 1 aliphatic rings. The van der Waals surface area contributed by atoms with E-state index in [9.17, 15) is 0 Å². The van der Waals surface area contributed by atoms with E-state index < -0.39 is 0 Å². The smallest absolute Gasteiger partial charge is 1.00 e. The molecule has 0 fully saturated rings. The van der Waals surface area contributed by atoms with E-state index >= 15 is 0 Å². The van der Waals surface area contributed by atoms with E-state index in [-0.39, 0.29) is 68.5 Å². The maximum Gasteiger partial charge on any atom is 4.00 e. The molecular weight excluding hydrogens is 399 g/mol. The van der Waals surface area contributed by atoms with Gasteiger partial charge in [0.05, 0.1) is 0 Å². The van der Waals surface area contributed by atoms with Gasteiger partial charge in [0.25, 0.3) is 0 Å². The summed E-state index contributed by atoms with van der Waals surface area (Å²) >= 11 is 0. The standard InChI is InChI=1S/C18H27Si.3ClH.Ti/c1-4-5-7-10-18(11-8-6-9-12-18)19-17-14-15(2)13-16(17)3;;;;/h6,8-9,11,13-14H,4-5,7,10,12,19H2,1-3H3;3*1H;/q-1;;;;+4/p-3. The van der Waals surface area contributed by atoms with Crippen LogP contribution in [0, 0.1) is 13.8 Å². The van der Waals surface area contributed by atoms with Gasteiger partial charge in [0.2, 0.25) is 0 Å². The zero-order chi connectivity index (χ0) is 13.7. The average molecular weight is 426 g/mol. The molecule has 0 saturated carbocycles. The second kappa shape index (κ2) is 13.9. The number of hydrogen-bond donors (Lipinski definition) is 0. The van der Waals surface area contributed by atoms with Crippen molar-refractivity contribution in [3.05, 3.63) is 47.6 Å². The first-order valence-electron chi connectivity index (χ1n) is 7.72. The predicted molar refractivity (Wildman–Crippen MR) is 89.4 cm³/mol. The van der Waals surface area contributed by atoms with Gasteiger partial charge >= 0.3 is 21.7 Å². The van der Waals surface area contributed by atoms with Crippen LogP contribution in [0.5, 0.6) is 0 Å². The van der Waals surface area contributed by atoms with E-state index in [0.717, 1.165) is 0 Å². The van der Waals surface area contributed by atoms with Crippen molar-refractivity contribution in [2.45, 2.75) is 57.9 Å². The van der Waals surface area contributed by atoms with Crippen LogP contribution in [0.25, 0.3) is 0 Å². The number of halogens is 3. The van der Waals surface area contributed by atoms with Gasteiger partial charge in [-0.05, 0) is 17.9 Å². The van der Waals surface area contributed by atoms with Crippen LogP contribution in [-0.4, -0.2) is 9.52 Å². The molecule has 23 heavy (non-hydrogen) atoms. The Balaban J connectivity index is -0.000001000. The molecule has 1 unspecified atom stereocenters. The van der Waals surface area contributed by atoms with Crippen LogP contribution < -0.4 is 42.4 Å². The van der Waals surface area contributed by atoms with E-state index in [1.165, 1.54) is 43.2 Å². The Morgan fingerprint density at radius 1 is 1.13 bits per heavy atom. The van der Waals surface area contributed by atoms with Crippen molar-refractivity contribution < 1.29 is 58.9 Å². The monoisotopic (exact) mass is 424 g/mol. The molecule has 2 rings (SSSR count). The largest absolute Gasteiger partial charge is 4.00 e. The number of hydrogen-bond acceptors (Lipinski definition) is 0. The SMILES string of the molecule is CCCCCC1([SiH2][c-]2cc(C)cc2C)C=CC=CC1.[Cl-].[Cl-].[Cl-].[Ti+4]. The maximum atomic E-state index is 2.52. The third-order valence-electron chi connectivity index (χ3n) is 4.39. The summed E-state index contributed by atoms with van der Waals surface area (Å²) in [5.41, 5.74) is 2.97. The van der Waals surface area contributed by atoms with Gasteiger partial charge in [-0.2, -0.15) is 16.8 Å². The fraction of sp³-hybridized carbons (Fsp3) is 0.500. The van der Waals surface area contributed by atoms with Crippen LogP contribution in [0.15, 0.2) is 36.4 Å². The van der Waals surface area contributed by atoms with Gasteiger partial charge in [-0.15, -0.1) is 0 Å². The van der Waals surface area contributed by atoms with Crippen LogP contribution in [-0.2, 0) is 21.7 Å². The minimum atomic E-state index is -0.238. The van der Waals surface area contributed by atoms with Crippen molar-refractivity contribution in [2.75, 3.05) is 0 Å². The van der Waals surface area contributed by atoms with Crippen molar-refractivity contribution in [2.24, 2.45) is 0 Å². The fourth-order valence-electron chi connectivity index (χ4n) is 3.28. The van der Waals surface area contributed by atoms with E-state index in [0.29, 0.717) is 5.04 Å². The number of allylic oxidation sites excluding steroid dienone is 4. The molecular formula is C18H27Cl3SiTi. The molecule has 0 amide bonds. The summed E-state index contributed by atoms with van der Waals surface area (Å²) in [6.45, 7) is 6.81. The third kappa shape index (κ3) is 8.52. The molecule has 0 N–H and O–H groups in total. The second-order valence-electron chi connectivity index (χ2n) is 6.23. The van der Waals surface area contributed by atoms with Crippen molar-refractivity contribution in [3.8, 4) is 0 Å². The molecule has 0 aromatic heterocycles. The molecule has 1 aliphatic carbocycles. The van der Waals surface area contributed by atoms with Crippen LogP contribution in [0.1, 0.15) is 50.2 Å². The molecule has 0 saturated heterocycles. The van der Waals surface area contributed by atoms with Gasteiger partial charge < -0.3 is 37.2 Å².